The summed E-state index contributed by atoms with van der Waals surface area (Å²) in [4.78, 5) is 32.2. The second kappa shape index (κ2) is 4.02. The molecule has 1 aliphatic heterocycles. The van der Waals surface area contributed by atoms with Crippen molar-refractivity contribution in [3.05, 3.63) is 33.9 Å². The maximum atomic E-state index is 13.4. The molecule has 2 rings (SSSR count). The number of halogens is 2. The van der Waals surface area contributed by atoms with Gasteiger partial charge in [-0.1, -0.05) is 0 Å². The van der Waals surface area contributed by atoms with Crippen molar-refractivity contribution in [2.24, 2.45) is 0 Å². The van der Waals surface area contributed by atoms with E-state index >= 15 is 0 Å². The molecule has 7 nitrogen and oxygen atoms in total. The number of fused-ring (bicyclic) bond motifs is 1. The summed E-state index contributed by atoms with van der Waals surface area (Å²) in [5, 5.41) is 14.3. The average molecular weight is 257 g/mol. The van der Waals surface area contributed by atoms with Crippen molar-refractivity contribution in [3.8, 4) is 0 Å². The minimum absolute atomic E-state index is 0.366. The molecule has 0 saturated heterocycles. The lowest BCUT2D eigenvalue weighted by molar-refractivity contribution is -0.492. The van der Waals surface area contributed by atoms with Gasteiger partial charge in [0.2, 0.25) is 0 Å². The normalized spacial score (nSPS) is 18.4. The summed E-state index contributed by atoms with van der Waals surface area (Å²) in [7, 11) is 0. The Hall–Kier alpha value is -2.58. The van der Waals surface area contributed by atoms with E-state index in [9.17, 15) is 28.5 Å². The van der Waals surface area contributed by atoms with Gasteiger partial charge in [-0.2, -0.15) is 0 Å². The molecule has 0 spiro atoms. The van der Waals surface area contributed by atoms with Gasteiger partial charge in [0.25, 0.3) is 0 Å². The van der Waals surface area contributed by atoms with E-state index in [0.29, 0.717) is 6.07 Å². The lowest BCUT2D eigenvalue weighted by Crippen LogP contribution is -2.42. The van der Waals surface area contributed by atoms with Crippen molar-refractivity contribution in [3.63, 3.8) is 0 Å². The molecule has 0 radical (unpaired) electrons. The highest BCUT2D eigenvalue weighted by atomic mass is 19.1. The minimum Gasteiger partial charge on any atom is -0.318 e. The molecule has 1 atom stereocenters. The first kappa shape index (κ1) is 11.9. The van der Waals surface area contributed by atoms with Crippen molar-refractivity contribution >= 4 is 23.2 Å². The molecule has 0 aliphatic carbocycles. The van der Waals surface area contributed by atoms with Crippen molar-refractivity contribution in [1.29, 1.82) is 0 Å². The summed E-state index contributed by atoms with van der Waals surface area (Å²) in [5.74, 6) is -4.67. The van der Waals surface area contributed by atoms with Crippen LogP contribution in [0.2, 0.25) is 0 Å². The first-order chi connectivity index (χ1) is 8.40. The molecule has 0 saturated carbocycles. The number of carbonyl (C=O) groups is 2. The Kier molecular flexibility index (Phi) is 2.66. The predicted octanol–water partition coefficient (Wildman–Crippen LogP) is 0.501. The Labute approximate surface area is 97.9 Å². The standard InChI is InChI=1S/C9H5F2N3O4/c10-3-1-4(11)6-5(2-3)12-8(15)7(14(17)18)9(16)13-6/h1-2,7H,(H,12,15)(H,13,16). The van der Waals surface area contributed by atoms with Crippen LogP contribution >= 0.6 is 0 Å². The van der Waals surface area contributed by atoms with Crippen molar-refractivity contribution < 1.29 is 23.3 Å². The number of nitro groups is 1. The van der Waals surface area contributed by atoms with Crippen LogP contribution in [0.5, 0.6) is 0 Å². The van der Waals surface area contributed by atoms with E-state index in [1.165, 1.54) is 0 Å². The Morgan fingerprint density at radius 3 is 2.39 bits per heavy atom. The number of nitrogens with zero attached hydrogens (tertiary/aromatic N) is 1. The molecular formula is C9H5F2N3O4. The van der Waals surface area contributed by atoms with Crippen molar-refractivity contribution in [2.75, 3.05) is 10.6 Å². The van der Waals surface area contributed by atoms with E-state index in [1.54, 1.807) is 0 Å². The van der Waals surface area contributed by atoms with Gasteiger partial charge in [-0.25, -0.2) is 8.78 Å². The van der Waals surface area contributed by atoms with Gasteiger partial charge in [-0.15, -0.1) is 0 Å². The second-order valence-electron chi connectivity index (χ2n) is 3.48. The third-order valence-corrected chi connectivity index (χ3v) is 2.27. The molecule has 1 aromatic carbocycles. The third-order valence-electron chi connectivity index (χ3n) is 2.27. The number of amides is 2. The van der Waals surface area contributed by atoms with Gasteiger partial charge >= 0.3 is 17.9 Å². The first-order valence-corrected chi connectivity index (χ1v) is 4.64. The predicted molar refractivity (Wildman–Crippen MR) is 54.4 cm³/mol. The molecule has 94 valence electrons. The summed E-state index contributed by atoms with van der Waals surface area (Å²) in [6, 6.07) is -0.976. The quantitative estimate of drug-likeness (QED) is 0.434. The van der Waals surface area contributed by atoms with Gasteiger partial charge < -0.3 is 10.6 Å². The SMILES string of the molecule is O=C1Nc2cc(F)cc(F)c2NC(=O)C1[N+](=O)[O-]. The lowest BCUT2D eigenvalue weighted by atomic mass is 10.2. The fourth-order valence-electron chi connectivity index (χ4n) is 1.50. The van der Waals surface area contributed by atoms with Gasteiger partial charge in [0.05, 0.1) is 5.69 Å². The molecular weight excluding hydrogens is 252 g/mol. The van der Waals surface area contributed by atoms with Crippen LogP contribution in [0.15, 0.2) is 12.1 Å². The van der Waals surface area contributed by atoms with E-state index in [0.717, 1.165) is 6.07 Å². The third kappa shape index (κ3) is 1.85. The zero-order chi connectivity index (χ0) is 13.4. The van der Waals surface area contributed by atoms with Gasteiger partial charge in [-0.3, -0.25) is 19.7 Å². The summed E-state index contributed by atoms with van der Waals surface area (Å²) in [6.45, 7) is 0. The number of benzene rings is 1. The Bertz CT molecular complexity index is 575. The molecule has 1 aromatic rings. The highest BCUT2D eigenvalue weighted by molar-refractivity contribution is 6.17. The molecule has 0 bridgehead atoms. The van der Waals surface area contributed by atoms with E-state index in [4.69, 9.17) is 0 Å². The van der Waals surface area contributed by atoms with E-state index in [2.05, 4.69) is 0 Å². The van der Waals surface area contributed by atoms with Crippen LogP contribution in [-0.2, 0) is 9.59 Å². The van der Waals surface area contributed by atoms with Crippen LogP contribution < -0.4 is 10.6 Å². The highest BCUT2D eigenvalue weighted by Gasteiger charge is 2.41. The maximum Gasteiger partial charge on any atom is 0.366 e. The molecule has 0 fully saturated rings. The number of hydrogen-bond donors (Lipinski definition) is 2. The van der Waals surface area contributed by atoms with E-state index in [1.807, 2.05) is 10.6 Å². The van der Waals surface area contributed by atoms with E-state index < -0.39 is 40.1 Å². The number of nitrogens with one attached hydrogen (secondary N) is 2. The molecule has 2 N–H and O–H groups in total. The van der Waals surface area contributed by atoms with E-state index in [-0.39, 0.29) is 5.69 Å². The fraction of sp³-hybridized carbons (Fsp3) is 0.111. The fourth-order valence-corrected chi connectivity index (χ4v) is 1.50. The van der Waals surface area contributed by atoms with Crippen molar-refractivity contribution in [2.45, 2.75) is 6.04 Å². The summed E-state index contributed by atoms with van der Waals surface area (Å²) in [6.07, 6.45) is 0. The monoisotopic (exact) mass is 257 g/mol. The summed E-state index contributed by atoms with van der Waals surface area (Å²) in [5.41, 5.74) is -0.866. The molecule has 9 heteroatoms. The molecule has 1 heterocycles. The van der Waals surface area contributed by atoms with Crippen LogP contribution in [0, 0.1) is 21.7 Å². The number of carbonyl (C=O) groups excluding carboxylic acids is 2. The number of rotatable bonds is 1. The first-order valence-electron chi connectivity index (χ1n) is 4.64. The minimum atomic E-state index is -2.21. The van der Waals surface area contributed by atoms with Crippen LogP contribution in [0.4, 0.5) is 20.2 Å². The zero-order valence-corrected chi connectivity index (χ0v) is 8.57. The highest BCUT2D eigenvalue weighted by Crippen LogP contribution is 2.29. The smallest absolute Gasteiger partial charge is 0.318 e. The Balaban J connectivity index is 2.52. The molecule has 1 unspecified atom stereocenters. The van der Waals surface area contributed by atoms with Crippen LogP contribution in [0.25, 0.3) is 0 Å². The van der Waals surface area contributed by atoms with Gasteiger partial charge in [0.1, 0.15) is 11.5 Å². The van der Waals surface area contributed by atoms with Crippen LogP contribution in [-0.4, -0.2) is 22.8 Å². The van der Waals surface area contributed by atoms with Gasteiger partial charge in [0.15, 0.2) is 5.82 Å². The van der Waals surface area contributed by atoms with Crippen LogP contribution in [0.1, 0.15) is 0 Å². The molecule has 18 heavy (non-hydrogen) atoms. The van der Waals surface area contributed by atoms with Gasteiger partial charge in [0, 0.05) is 11.0 Å². The van der Waals surface area contributed by atoms with Crippen molar-refractivity contribution in [1.82, 2.24) is 0 Å². The number of hydrogen-bond acceptors (Lipinski definition) is 4. The summed E-state index contributed by atoms with van der Waals surface area (Å²) < 4.78 is 26.3. The Morgan fingerprint density at radius 2 is 1.78 bits per heavy atom. The second-order valence-corrected chi connectivity index (χ2v) is 3.48. The van der Waals surface area contributed by atoms with Gasteiger partial charge in [-0.05, 0) is 6.07 Å². The molecule has 2 amide bonds. The Morgan fingerprint density at radius 1 is 1.17 bits per heavy atom. The molecule has 0 aromatic heterocycles. The summed E-state index contributed by atoms with van der Waals surface area (Å²) >= 11 is 0. The average Bonchev–Trinajstić information content (AvgIpc) is 2.33. The number of anilines is 2. The molecule has 1 aliphatic rings. The lowest BCUT2D eigenvalue weighted by Gasteiger charge is -2.06. The van der Waals surface area contributed by atoms with Crippen LogP contribution in [0.3, 0.4) is 0 Å². The largest absolute Gasteiger partial charge is 0.366 e. The maximum absolute atomic E-state index is 13.4. The topological polar surface area (TPSA) is 101 Å². The zero-order valence-electron chi connectivity index (χ0n) is 8.57.